The highest BCUT2D eigenvalue weighted by Crippen LogP contribution is 2.47. The number of rotatable bonds is 6. The van der Waals surface area contributed by atoms with E-state index in [1.54, 1.807) is 6.92 Å². The lowest BCUT2D eigenvalue weighted by Gasteiger charge is -2.13. The molecule has 0 radical (unpaired) electrons. The van der Waals surface area contributed by atoms with Gasteiger partial charge in [-0.2, -0.15) is 5.26 Å². The Morgan fingerprint density at radius 2 is 2.25 bits per heavy atom. The van der Waals surface area contributed by atoms with Gasteiger partial charge in [-0.1, -0.05) is 0 Å². The molecule has 0 spiro atoms. The molecule has 0 aliphatic heterocycles. The van der Waals surface area contributed by atoms with Crippen LogP contribution in [0.1, 0.15) is 19.8 Å². The molecule has 0 aromatic carbocycles. The van der Waals surface area contributed by atoms with E-state index in [1.165, 1.54) is 7.11 Å². The second kappa shape index (κ2) is 6.19. The normalized spacial score (nSPS) is 15.1. The van der Waals surface area contributed by atoms with Crippen LogP contribution in [0, 0.1) is 11.3 Å². The van der Waals surface area contributed by atoms with Gasteiger partial charge in [-0.25, -0.2) is 0 Å². The average Bonchev–Trinajstić information content (AvgIpc) is 2.06. The Morgan fingerprint density at radius 3 is 2.67 bits per heavy atom. The lowest BCUT2D eigenvalue weighted by molar-refractivity contribution is 0.244. The molecule has 4 nitrogen and oxygen atoms in total. The van der Waals surface area contributed by atoms with Gasteiger partial charge in [0, 0.05) is 13.5 Å². The van der Waals surface area contributed by atoms with Gasteiger partial charge in [0.05, 0.1) is 18.8 Å². The summed E-state index contributed by atoms with van der Waals surface area (Å²) in [6, 6.07) is 1.97. The van der Waals surface area contributed by atoms with Gasteiger partial charge in [0.25, 0.3) is 0 Å². The Morgan fingerprint density at radius 1 is 1.58 bits per heavy atom. The fourth-order valence-electron chi connectivity index (χ4n) is 0.757. The zero-order valence-corrected chi connectivity index (χ0v) is 8.34. The Hall–Kier alpha value is -0.360. The van der Waals surface area contributed by atoms with Crippen LogP contribution in [0.5, 0.6) is 0 Å². The van der Waals surface area contributed by atoms with Crippen LogP contribution >= 0.6 is 7.60 Å². The zero-order valence-electron chi connectivity index (χ0n) is 7.45. The molecule has 70 valence electrons. The quantitative estimate of drug-likeness (QED) is 0.476. The highest BCUT2D eigenvalue weighted by Gasteiger charge is 2.20. The van der Waals surface area contributed by atoms with Crippen molar-refractivity contribution in [1.82, 2.24) is 0 Å². The molecular formula is C7H14NO3P. The van der Waals surface area contributed by atoms with Gasteiger partial charge >= 0.3 is 7.60 Å². The van der Waals surface area contributed by atoms with Crippen molar-refractivity contribution in [2.24, 2.45) is 0 Å². The van der Waals surface area contributed by atoms with Gasteiger partial charge in [-0.05, 0) is 13.3 Å². The summed E-state index contributed by atoms with van der Waals surface area (Å²) in [5.41, 5.74) is 0. The Bertz CT molecular complexity index is 199. The van der Waals surface area contributed by atoms with Crippen LogP contribution < -0.4 is 0 Å². The zero-order chi connectivity index (χ0) is 9.45. The first-order valence-corrected chi connectivity index (χ1v) is 5.57. The molecule has 0 aromatic heterocycles. The van der Waals surface area contributed by atoms with E-state index < -0.39 is 7.60 Å². The van der Waals surface area contributed by atoms with Gasteiger partial charge < -0.3 is 9.05 Å². The molecule has 0 aromatic rings. The molecule has 0 bridgehead atoms. The van der Waals surface area contributed by atoms with Gasteiger partial charge in [0.1, 0.15) is 0 Å². The van der Waals surface area contributed by atoms with Crippen molar-refractivity contribution >= 4 is 7.60 Å². The number of nitrogens with zero attached hydrogens (tertiary/aromatic N) is 1. The Balaban J connectivity index is 3.81. The maximum Gasteiger partial charge on any atom is 0.330 e. The first-order chi connectivity index (χ1) is 5.68. The summed E-state index contributed by atoms with van der Waals surface area (Å²) >= 11 is 0. The molecule has 0 N–H and O–H groups in total. The van der Waals surface area contributed by atoms with Gasteiger partial charge in [0.2, 0.25) is 0 Å². The molecule has 0 rings (SSSR count). The second-order valence-electron chi connectivity index (χ2n) is 2.20. The molecule has 12 heavy (non-hydrogen) atoms. The maximum absolute atomic E-state index is 11.5. The van der Waals surface area contributed by atoms with Crippen LogP contribution in [0.3, 0.4) is 0 Å². The summed E-state index contributed by atoms with van der Waals surface area (Å²) in [6.45, 7) is 2.13. The third-order valence-corrected chi connectivity index (χ3v) is 3.40. The van der Waals surface area contributed by atoms with Crippen LogP contribution in [-0.2, 0) is 13.6 Å². The lowest BCUT2D eigenvalue weighted by Crippen LogP contribution is -1.97. The van der Waals surface area contributed by atoms with E-state index >= 15 is 0 Å². The number of hydrogen-bond acceptors (Lipinski definition) is 4. The summed E-state index contributed by atoms with van der Waals surface area (Å²) < 4.78 is 21.2. The van der Waals surface area contributed by atoms with Crippen LogP contribution in [0.4, 0.5) is 0 Å². The molecule has 0 saturated heterocycles. The highest BCUT2D eigenvalue weighted by molar-refractivity contribution is 7.53. The van der Waals surface area contributed by atoms with Crippen molar-refractivity contribution in [2.45, 2.75) is 19.8 Å². The minimum atomic E-state index is -2.88. The molecule has 0 aliphatic carbocycles. The molecule has 0 fully saturated rings. The predicted molar refractivity (Wildman–Crippen MR) is 46.0 cm³/mol. The van der Waals surface area contributed by atoms with Crippen molar-refractivity contribution in [2.75, 3.05) is 19.9 Å². The minimum Gasteiger partial charge on any atom is -0.312 e. The van der Waals surface area contributed by atoms with E-state index in [4.69, 9.17) is 14.3 Å². The maximum atomic E-state index is 11.5. The van der Waals surface area contributed by atoms with Gasteiger partial charge in [-0.3, -0.25) is 4.57 Å². The van der Waals surface area contributed by atoms with Crippen molar-refractivity contribution in [1.29, 1.82) is 5.26 Å². The van der Waals surface area contributed by atoms with E-state index in [0.717, 1.165) is 0 Å². The molecule has 1 unspecified atom stereocenters. The van der Waals surface area contributed by atoms with E-state index in [0.29, 0.717) is 25.6 Å². The molecule has 0 amide bonds. The van der Waals surface area contributed by atoms with Crippen LogP contribution in [0.15, 0.2) is 0 Å². The first-order valence-electron chi connectivity index (χ1n) is 3.85. The van der Waals surface area contributed by atoms with Gasteiger partial charge in [-0.15, -0.1) is 0 Å². The number of nitriles is 1. The van der Waals surface area contributed by atoms with Crippen molar-refractivity contribution in [3.05, 3.63) is 0 Å². The SMILES string of the molecule is CCOP(=O)(CCCC#N)OC. The highest BCUT2D eigenvalue weighted by atomic mass is 31.2. The summed E-state index contributed by atoms with van der Waals surface area (Å²) in [7, 11) is -1.52. The van der Waals surface area contributed by atoms with Crippen molar-refractivity contribution in [3.63, 3.8) is 0 Å². The molecule has 0 aliphatic rings. The van der Waals surface area contributed by atoms with Crippen LogP contribution in [0.2, 0.25) is 0 Å². The first kappa shape index (κ1) is 11.6. The molecule has 5 heteroatoms. The fourth-order valence-corrected chi connectivity index (χ4v) is 2.11. The van der Waals surface area contributed by atoms with Crippen molar-refractivity contribution < 1.29 is 13.6 Å². The van der Waals surface area contributed by atoms with E-state index in [-0.39, 0.29) is 0 Å². The standard InChI is InChI=1S/C7H14NO3P/c1-3-11-12(9,10-2)7-5-4-6-8/h3-5,7H2,1-2H3. The number of unbranched alkanes of at least 4 members (excludes halogenated alkanes) is 1. The topological polar surface area (TPSA) is 59.3 Å². The molecule has 0 heterocycles. The van der Waals surface area contributed by atoms with E-state index in [1.807, 2.05) is 6.07 Å². The second-order valence-corrected chi connectivity index (χ2v) is 4.49. The molecule has 1 atom stereocenters. The summed E-state index contributed by atoms with van der Waals surface area (Å²) in [5, 5.41) is 8.24. The van der Waals surface area contributed by atoms with Crippen LogP contribution in [0.25, 0.3) is 0 Å². The van der Waals surface area contributed by atoms with Gasteiger partial charge in [0.15, 0.2) is 0 Å². The monoisotopic (exact) mass is 191 g/mol. The lowest BCUT2D eigenvalue weighted by atomic mass is 10.4. The van der Waals surface area contributed by atoms with E-state index in [9.17, 15) is 4.57 Å². The fraction of sp³-hybridized carbons (Fsp3) is 0.857. The summed E-state index contributed by atoms with van der Waals surface area (Å²) in [5.74, 6) is 0. The molecule has 0 saturated carbocycles. The third-order valence-electron chi connectivity index (χ3n) is 1.32. The number of hydrogen-bond donors (Lipinski definition) is 0. The smallest absolute Gasteiger partial charge is 0.312 e. The predicted octanol–water partition coefficient (Wildman–Crippen LogP) is 2.17. The minimum absolute atomic E-state index is 0.324. The summed E-state index contributed by atoms with van der Waals surface area (Å²) in [6.07, 6.45) is 1.27. The summed E-state index contributed by atoms with van der Waals surface area (Å²) in [4.78, 5) is 0. The third kappa shape index (κ3) is 4.50. The molecular weight excluding hydrogens is 177 g/mol. The Kier molecular flexibility index (Phi) is 6.00. The Labute approximate surface area is 73.0 Å². The van der Waals surface area contributed by atoms with E-state index in [2.05, 4.69) is 0 Å². The largest absolute Gasteiger partial charge is 0.330 e. The van der Waals surface area contributed by atoms with Crippen molar-refractivity contribution in [3.8, 4) is 6.07 Å². The van der Waals surface area contributed by atoms with Crippen LogP contribution in [-0.4, -0.2) is 19.9 Å². The average molecular weight is 191 g/mol.